The first kappa shape index (κ1) is 10.4. The third kappa shape index (κ3) is 2.27. The third-order valence-electron chi connectivity index (χ3n) is 3.65. The molecule has 0 aromatic rings. The van der Waals surface area contributed by atoms with Gasteiger partial charge in [-0.05, 0) is 51.7 Å². The summed E-state index contributed by atoms with van der Waals surface area (Å²) in [5, 5.41) is 12.7. The lowest BCUT2D eigenvalue weighted by atomic mass is 10.1. The summed E-state index contributed by atoms with van der Waals surface area (Å²) in [6.07, 6.45) is 6.33. The zero-order valence-electron chi connectivity index (χ0n) is 8.91. The predicted molar refractivity (Wildman–Crippen MR) is 57.3 cm³/mol. The van der Waals surface area contributed by atoms with Crippen LogP contribution in [0.2, 0.25) is 0 Å². The van der Waals surface area contributed by atoms with E-state index in [1.807, 2.05) is 0 Å². The molecule has 2 aliphatic heterocycles. The van der Waals surface area contributed by atoms with E-state index in [1.54, 1.807) is 0 Å². The van der Waals surface area contributed by atoms with Crippen LogP contribution in [0, 0.1) is 0 Å². The average Bonchev–Trinajstić information content (AvgIpc) is 2.52. The molecule has 14 heavy (non-hydrogen) atoms. The van der Waals surface area contributed by atoms with E-state index < -0.39 is 0 Å². The zero-order chi connectivity index (χ0) is 9.80. The monoisotopic (exact) mass is 198 g/mol. The van der Waals surface area contributed by atoms with Crippen molar-refractivity contribution >= 4 is 0 Å². The Morgan fingerprint density at radius 2 is 2.07 bits per heavy atom. The first-order chi connectivity index (χ1) is 6.92. The summed E-state index contributed by atoms with van der Waals surface area (Å²) in [4.78, 5) is 2.55. The molecule has 2 saturated heterocycles. The second kappa shape index (κ2) is 5.10. The van der Waals surface area contributed by atoms with E-state index >= 15 is 0 Å². The largest absolute Gasteiger partial charge is 0.395 e. The van der Waals surface area contributed by atoms with Gasteiger partial charge in [0.1, 0.15) is 0 Å². The minimum Gasteiger partial charge on any atom is -0.395 e. The van der Waals surface area contributed by atoms with Crippen molar-refractivity contribution < 1.29 is 5.11 Å². The number of aliphatic hydroxyl groups is 1. The number of hydrogen-bond acceptors (Lipinski definition) is 3. The van der Waals surface area contributed by atoms with E-state index in [1.165, 1.54) is 45.2 Å². The van der Waals surface area contributed by atoms with Crippen LogP contribution in [-0.2, 0) is 0 Å². The van der Waals surface area contributed by atoms with Crippen LogP contribution in [0.15, 0.2) is 0 Å². The molecule has 0 radical (unpaired) electrons. The van der Waals surface area contributed by atoms with E-state index in [2.05, 4.69) is 10.2 Å². The van der Waals surface area contributed by atoms with Crippen molar-refractivity contribution in [2.24, 2.45) is 0 Å². The molecule has 0 aromatic heterocycles. The maximum atomic E-state index is 9.28. The highest BCUT2D eigenvalue weighted by Gasteiger charge is 2.29. The topological polar surface area (TPSA) is 35.5 Å². The molecule has 2 fully saturated rings. The normalized spacial score (nSPS) is 35.8. The smallest absolute Gasteiger partial charge is 0.0586 e. The fraction of sp³-hybridized carbons (Fsp3) is 1.00. The fourth-order valence-electron chi connectivity index (χ4n) is 2.87. The third-order valence-corrected chi connectivity index (χ3v) is 3.65. The summed E-state index contributed by atoms with van der Waals surface area (Å²) < 4.78 is 0. The van der Waals surface area contributed by atoms with E-state index in [0.717, 1.165) is 12.6 Å². The lowest BCUT2D eigenvalue weighted by molar-refractivity contribution is 0.112. The molecular formula is C11H22N2O. The molecule has 2 N–H and O–H groups in total. The highest BCUT2D eigenvalue weighted by molar-refractivity contribution is 4.85. The summed E-state index contributed by atoms with van der Waals surface area (Å²) >= 11 is 0. The van der Waals surface area contributed by atoms with Gasteiger partial charge in [0.2, 0.25) is 0 Å². The maximum Gasteiger partial charge on any atom is 0.0586 e. The Morgan fingerprint density at radius 3 is 2.93 bits per heavy atom. The Labute approximate surface area is 86.5 Å². The fourth-order valence-corrected chi connectivity index (χ4v) is 2.87. The number of likely N-dealkylation sites (tertiary alicyclic amines) is 1. The molecule has 2 unspecified atom stereocenters. The van der Waals surface area contributed by atoms with Crippen LogP contribution in [0.1, 0.15) is 32.1 Å². The Hall–Kier alpha value is -0.120. The molecule has 2 heterocycles. The molecule has 3 nitrogen and oxygen atoms in total. The molecule has 0 aromatic carbocycles. The minimum atomic E-state index is 0.351. The van der Waals surface area contributed by atoms with Crippen LogP contribution in [-0.4, -0.2) is 48.3 Å². The summed E-state index contributed by atoms with van der Waals surface area (Å²) in [6, 6.07) is 1.18. The van der Waals surface area contributed by atoms with Crippen molar-refractivity contribution in [2.45, 2.75) is 44.2 Å². The minimum absolute atomic E-state index is 0.351. The molecule has 0 amide bonds. The Morgan fingerprint density at radius 1 is 1.14 bits per heavy atom. The summed E-state index contributed by atoms with van der Waals surface area (Å²) in [7, 11) is 0. The van der Waals surface area contributed by atoms with Crippen LogP contribution in [0.4, 0.5) is 0 Å². The molecule has 2 aliphatic rings. The van der Waals surface area contributed by atoms with Gasteiger partial charge in [-0.3, -0.25) is 4.90 Å². The zero-order valence-corrected chi connectivity index (χ0v) is 8.91. The molecule has 0 aliphatic carbocycles. The van der Waals surface area contributed by atoms with Gasteiger partial charge in [-0.25, -0.2) is 0 Å². The van der Waals surface area contributed by atoms with Crippen molar-refractivity contribution in [2.75, 3.05) is 26.2 Å². The molecular weight excluding hydrogens is 176 g/mol. The molecule has 3 heteroatoms. The number of nitrogens with one attached hydrogen (secondary N) is 1. The number of aliphatic hydroxyl groups excluding tert-OH is 1. The van der Waals surface area contributed by atoms with Crippen LogP contribution >= 0.6 is 0 Å². The second-order valence-corrected chi connectivity index (χ2v) is 4.55. The van der Waals surface area contributed by atoms with E-state index in [-0.39, 0.29) is 0 Å². The number of nitrogens with zero attached hydrogens (tertiary/aromatic N) is 1. The summed E-state index contributed by atoms with van der Waals surface area (Å²) in [5.74, 6) is 0. The predicted octanol–water partition coefficient (Wildman–Crippen LogP) is 0.585. The first-order valence-corrected chi connectivity index (χ1v) is 5.99. The van der Waals surface area contributed by atoms with Crippen molar-refractivity contribution in [3.8, 4) is 0 Å². The van der Waals surface area contributed by atoms with Gasteiger partial charge >= 0.3 is 0 Å². The quantitative estimate of drug-likeness (QED) is 0.681. The van der Waals surface area contributed by atoms with Crippen molar-refractivity contribution in [1.29, 1.82) is 0 Å². The van der Waals surface area contributed by atoms with Crippen LogP contribution in [0.5, 0.6) is 0 Å². The standard InChI is InChI=1S/C11H22N2O/c14-9-11-4-2-8-13(11)10-3-1-6-12-7-5-10/h10-12,14H,1-9H2. The van der Waals surface area contributed by atoms with Crippen LogP contribution in [0.3, 0.4) is 0 Å². The number of rotatable bonds is 2. The molecule has 0 saturated carbocycles. The van der Waals surface area contributed by atoms with E-state index in [4.69, 9.17) is 0 Å². The SMILES string of the molecule is OCC1CCCN1C1CCCNCC1. The highest BCUT2D eigenvalue weighted by atomic mass is 16.3. The highest BCUT2D eigenvalue weighted by Crippen LogP contribution is 2.24. The van der Waals surface area contributed by atoms with Crippen molar-refractivity contribution in [1.82, 2.24) is 10.2 Å². The second-order valence-electron chi connectivity index (χ2n) is 4.55. The molecule has 0 spiro atoms. The molecule has 2 rings (SSSR count). The van der Waals surface area contributed by atoms with E-state index in [0.29, 0.717) is 12.6 Å². The van der Waals surface area contributed by atoms with Gasteiger partial charge in [0.05, 0.1) is 6.61 Å². The van der Waals surface area contributed by atoms with Gasteiger partial charge in [-0.15, -0.1) is 0 Å². The van der Waals surface area contributed by atoms with Gasteiger partial charge in [0.15, 0.2) is 0 Å². The Kier molecular flexibility index (Phi) is 3.79. The van der Waals surface area contributed by atoms with Gasteiger partial charge in [-0.2, -0.15) is 0 Å². The van der Waals surface area contributed by atoms with Gasteiger partial charge in [0.25, 0.3) is 0 Å². The number of hydrogen-bond donors (Lipinski definition) is 2. The molecule has 82 valence electrons. The lowest BCUT2D eigenvalue weighted by Gasteiger charge is -2.31. The first-order valence-electron chi connectivity index (χ1n) is 5.99. The molecule has 0 bridgehead atoms. The van der Waals surface area contributed by atoms with Gasteiger partial charge < -0.3 is 10.4 Å². The lowest BCUT2D eigenvalue weighted by Crippen LogP contribution is -2.41. The Bertz CT molecular complexity index is 167. The maximum absolute atomic E-state index is 9.28. The van der Waals surface area contributed by atoms with Crippen LogP contribution in [0.25, 0.3) is 0 Å². The van der Waals surface area contributed by atoms with Crippen molar-refractivity contribution in [3.63, 3.8) is 0 Å². The van der Waals surface area contributed by atoms with Gasteiger partial charge in [-0.1, -0.05) is 0 Å². The summed E-state index contributed by atoms with van der Waals surface area (Å²) in [5.41, 5.74) is 0. The molecule has 2 atom stereocenters. The summed E-state index contributed by atoms with van der Waals surface area (Å²) in [6.45, 7) is 3.88. The van der Waals surface area contributed by atoms with Gasteiger partial charge in [0, 0.05) is 12.1 Å². The van der Waals surface area contributed by atoms with E-state index in [9.17, 15) is 5.11 Å². The van der Waals surface area contributed by atoms with Crippen LogP contribution < -0.4 is 5.32 Å². The Balaban J connectivity index is 1.91. The van der Waals surface area contributed by atoms with Crippen molar-refractivity contribution in [3.05, 3.63) is 0 Å². The average molecular weight is 198 g/mol.